The van der Waals surface area contributed by atoms with Gasteiger partial charge in [0.25, 0.3) is 0 Å². The van der Waals surface area contributed by atoms with Crippen molar-refractivity contribution < 1.29 is 13.2 Å². The van der Waals surface area contributed by atoms with E-state index in [4.69, 9.17) is 23.2 Å². The lowest BCUT2D eigenvalue weighted by Gasteiger charge is -2.07. The monoisotopic (exact) mass is 267 g/mol. The summed E-state index contributed by atoms with van der Waals surface area (Å²) < 4.78 is 37.3. The summed E-state index contributed by atoms with van der Waals surface area (Å²) in [6.07, 6.45) is -3.48. The van der Waals surface area contributed by atoms with Gasteiger partial charge in [-0.25, -0.2) is 15.0 Å². The number of aromatic nitrogens is 3. The minimum atomic E-state index is -4.59. The Kier molecular flexibility index (Phi) is 2.63. The number of halogens is 5. The van der Waals surface area contributed by atoms with E-state index in [0.717, 1.165) is 12.4 Å². The first-order valence-corrected chi connectivity index (χ1v) is 4.69. The zero-order valence-electron chi connectivity index (χ0n) is 7.39. The molecule has 0 spiro atoms. The van der Waals surface area contributed by atoms with Crippen LogP contribution in [0.2, 0.25) is 10.3 Å². The number of pyridine rings is 1. The summed E-state index contributed by atoms with van der Waals surface area (Å²) in [5.74, 6) is 0. The van der Waals surface area contributed by atoms with Crippen LogP contribution < -0.4 is 0 Å². The lowest BCUT2D eigenvalue weighted by molar-refractivity contribution is -0.141. The molecule has 0 N–H and O–H groups in total. The predicted octanol–water partition coefficient (Wildman–Crippen LogP) is 3.35. The van der Waals surface area contributed by atoms with Crippen molar-refractivity contribution in [2.24, 2.45) is 0 Å². The fourth-order valence-electron chi connectivity index (χ4n) is 1.14. The third kappa shape index (κ3) is 1.90. The van der Waals surface area contributed by atoms with E-state index in [2.05, 4.69) is 15.0 Å². The molecule has 0 aromatic carbocycles. The first-order chi connectivity index (χ1) is 7.39. The van der Waals surface area contributed by atoms with Gasteiger partial charge in [-0.05, 0) is 6.07 Å². The Morgan fingerprint density at radius 3 is 2.38 bits per heavy atom. The van der Waals surface area contributed by atoms with Crippen molar-refractivity contribution >= 4 is 34.1 Å². The molecule has 16 heavy (non-hydrogen) atoms. The Balaban J connectivity index is 2.81. The maximum atomic E-state index is 12.4. The average Bonchev–Trinajstić information content (AvgIpc) is 2.18. The molecule has 3 nitrogen and oxygen atoms in total. The van der Waals surface area contributed by atoms with Crippen molar-refractivity contribution in [1.82, 2.24) is 15.0 Å². The van der Waals surface area contributed by atoms with E-state index < -0.39 is 11.9 Å². The largest absolute Gasteiger partial charge is 0.433 e. The Morgan fingerprint density at radius 1 is 1.06 bits per heavy atom. The number of nitrogens with zero attached hydrogens (tertiary/aromatic N) is 3. The van der Waals surface area contributed by atoms with Crippen LogP contribution in [0.15, 0.2) is 12.4 Å². The standard InChI is InChI=1S/C8H2Cl2F3N3/c9-6-3-1-4(8(11,12)13)16-7(10)5(3)14-2-15-6/h1-2H. The van der Waals surface area contributed by atoms with Crippen LogP contribution in [-0.4, -0.2) is 15.0 Å². The summed E-state index contributed by atoms with van der Waals surface area (Å²) in [6.45, 7) is 0. The van der Waals surface area contributed by atoms with E-state index in [9.17, 15) is 13.2 Å². The highest BCUT2D eigenvalue weighted by atomic mass is 35.5. The van der Waals surface area contributed by atoms with Gasteiger partial charge in [0.1, 0.15) is 22.7 Å². The summed E-state index contributed by atoms with van der Waals surface area (Å²) in [6, 6.07) is 0.767. The van der Waals surface area contributed by atoms with Crippen LogP contribution in [0.5, 0.6) is 0 Å². The Bertz CT molecular complexity index is 556. The van der Waals surface area contributed by atoms with E-state index in [1.807, 2.05) is 0 Å². The third-order valence-electron chi connectivity index (χ3n) is 1.82. The van der Waals surface area contributed by atoms with Crippen molar-refractivity contribution in [2.45, 2.75) is 6.18 Å². The molecule has 0 aliphatic carbocycles. The number of alkyl halides is 3. The van der Waals surface area contributed by atoms with Gasteiger partial charge in [0.2, 0.25) is 0 Å². The van der Waals surface area contributed by atoms with Gasteiger partial charge in [-0.2, -0.15) is 13.2 Å². The van der Waals surface area contributed by atoms with Crippen molar-refractivity contribution in [3.63, 3.8) is 0 Å². The van der Waals surface area contributed by atoms with Crippen molar-refractivity contribution in [1.29, 1.82) is 0 Å². The molecule has 0 saturated heterocycles. The van der Waals surface area contributed by atoms with Crippen LogP contribution in [0, 0.1) is 0 Å². The molecule has 0 aliphatic heterocycles. The SMILES string of the molecule is FC(F)(F)c1cc2c(Cl)ncnc2c(Cl)n1. The summed E-state index contributed by atoms with van der Waals surface area (Å²) >= 11 is 11.2. The normalized spacial score (nSPS) is 12.1. The second-order valence-corrected chi connectivity index (χ2v) is 3.57. The van der Waals surface area contributed by atoms with Gasteiger partial charge in [0.15, 0.2) is 5.15 Å². The topological polar surface area (TPSA) is 38.7 Å². The number of fused-ring (bicyclic) bond motifs is 1. The zero-order valence-corrected chi connectivity index (χ0v) is 8.90. The predicted molar refractivity (Wildman–Crippen MR) is 52.4 cm³/mol. The molecule has 2 rings (SSSR count). The molecule has 2 aromatic rings. The Hall–Kier alpha value is -1.14. The lowest BCUT2D eigenvalue weighted by atomic mass is 10.2. The smallest absolute Gasteiger partial charge is 0.233 e. The molecule has 8 heteroatoms. The minimum absolute atomic E-state index is 0.0245. The molecular formula is C8H2Cl2F3N3. The van der Waals surface area contributed by atoms with Crippen molar-refractivity contribution in [3.8, 4) is 0 Å². The zero-order chi connectivity index (χ0) is 11.9. The minimum Gasteiger partial charge on any atom is -0.233 e. The molecule has 84 valence electrons. The molecule has 0 bridgehead atoms. The van der Waals surface area contributed by atoms with Crippen LogP contribution in [0.3, 0.4) is 0 Å². The summed E-state index contributed by atoms with van der Waals surface area (Å²) in [5.41, 5.74) is -1.03. The van der Waals surface area contributed by atoms with Crippen LogP contribution in [0.25, 0.3) is 10.9 Å². The first-order valence-electron chi connectivity index (χ1n) is 3.93. The highest BCUT2D eigenvalue weighted by Crippen LogP contribution is 2.33. The molecule has 0 radical (unpaired) electrons. The van der Waals surface area contributed by atoms with E-state index in [0.29, 0.717) is 0 Å². The lowest BCUT2D eigenvalue weighted by Crippen LogP contribution is -2.08. The fourth-order valence-corrected chi connectivity index (χ4v) is 1.57. The molecule has 0 unspecified atom stereocenters. The molecule has 0 saturated carbocycles. The van der Waals surface area contributed by atoms with Gasteiger partial charge in [-0.1, -0.05) is 23.2 Å². The number of hydrogen-bond donors (Lipinski definition) is 0. The second-order valence-electron chi connectivity index (χ2n) is 2.86. The summed E-state index contributed by atoms with van der Waals surface area (Å²) in [5, 5.41) is -0.426. The second kappa shape index (κ2) is 3.71. The summed E-state index contributed by atoms with van der Waals surface area (Å²) in [7, 11) is 0. The van der Waals surface area contributed by atoms with Gasteiger partial charge in [-0.15, -0.1) is 0 Å². The van der Waals surface area contributed by atoms with Gasteiger partial charge < -0.3 is 0 Å². The van der Waals surface area contributed by atoms with Crippen molar-refractivity contribution in [2.75, 3.05) is 0 Å². The average molecular weight is 268 g/mol. The molecule has 0 atom stereocenters. The number of rotatable bonds is 0. The fraction of sp³-hybridized carbons (Fsp3) is 0.125. The van der Waals surface area contributed by atoms with Crippen LogP contribution in [0.1, 0.15) is 5.69 Å². The molecule has 0 aliphatic rings. The Morgan fingerprint density at radius 2 is 1.75 bits per heavy atom. The molecule has 0 fully saturated rings. The van der Waals surface area contributed by atoms with Crippen LogP contribution in [-0.2, 0) is 6.18 Å². The molecule has 2 heterocycles. The van der Waals surface area contributed by atoms with Crippen LogP contribution >= 0.6 is 23.2 Å². The third-order valence-corrected chi connectivity index (χ3v) is 2.39. The van der Waals surface area contributed by atoms with Crippen molar-refractivity contribution in [3.05, 3.63) is 28.4 Å². The molecule has 0 amide bonds. The van der Waals surface area contributed by atoms with E-state index >= 15 is 0 Å². The maximum Gasteiger partial charge on any atom is 0.433 e. The first kappa shape index (κ1) is 11.3. The van der Waals surface area contributed by atoms with Gasteiger partial charge in [0, 0.05) is 5.39 Å². The van der Waals surface area contributed by atoms with E-state index in [1.54, 1.807) is 0 Å². The van der Waals surface area contributed by atoms with Gasteiger partial charge >= 0.3 is 6.18 Å². The van der Waals surface area contributed by atoms with E-state index in [-0.39, 0.29) is 21.2 Å². The molecular weight excluding hydrogens is 266 g/mol. The van der Waals surface area contributed by atoms with E-state index in [1.165, 1.54) is 0 Å². The quantitative estimate of drug-likeness (QED) is 0.543. The highest BCUT2D eigenvalue weighted by Gasteiger charge is 2.33. The van der Waals surface area contributed by atoms with Gasteiger partial charge in [-0.3, -0.25) is 0 Å². The Labute approximate surface area is 97.2 Å². The van der Waals surface area contributed by atoms with Crippen LogP contribution in [0.4, 0.5) is 13.2 Å². The summed E-state index contributed by atoms with van der Waals surface area (Å²) in [4.78, 5) is 10.5. The highest BCUT2D eigenvalue weighted by molar-refractivity contribution is 6.37. The maximum absolute atomic E-state index is 12.4. The number of hydrogen-bond acceptors (Lipinski definition) is 3. The molecule has 2 aromatic heterocycles. The van der Waals surface area contributed by atoms with Gasteiger partial charge in [0.05, 0.1) is 0 Å².